The van der Waals surface area contributed by atoms with E-state index in [1.807, 2.05) is 20.0 Å². The van der Waals surface area contributed by atoms with Gasteiger partial charge in [-0.3, -0.25) is 0 Å². The lowest BCUT2D eigenvalue weighted by Crippen LogP contribution is -2.31. The second-order valence-electron chi connectivity index (χ2n) is 4.59. The van der Waals surface area contributed by atoms with Crippen molar-refractivity contribution in [1.82, 2.24) is 9.97 Å². The van der Waals surface area contributed by atoms with Crippen LogP contribution in [0.4, 0.5) is 11.8 Å². The van der Waals surface area contributed by atoms with E-state index in [2.05, 4.69) is 27.5 Å². The quantitative estimate of drug-likeness (QED) is 0.818. The standard InChI is InChI=1S/C12H20N4/c1-8-7-11(16-12(13-3)14-8)15-9(2)10-5-4-6-10/h7,9-10H,4-6H2,1-3H3,(H2,13,14,15,16). The molecule has 1 aromatic rings. The van der Waals surface area contributed by atoms with Crippen molar-refractivity contribution in [2.45, 2.75) is 39.2 Å². The predicted molar refractivity (Wildman–Crippen MR) is 66.7 cm³/mol. The van der Waals surface area contributed by atoms with Gasteiger partial charge in [-0.1, -0.05) is 6.42 Å². The first-order valence-corrected chi connectivity index (χ1v) is 5.99. The molecule has 88 valence electrons. The van der Waals surface area contributed by atoms with Crippen LogP contribution in [0.1, 0.15) is 31.9 Å². The first kappa shape index (κ1) is 11.2. The minimum atomic E-state index is 0.507. The summed E-state index contributed by atoms with van der Waals surface area (Å²) in [5, 5.41) is 6.44. The van der Waals surface area contributed by atoms with Crippen LogP contribution in [0.15, 0.2) is 6.07 Å². The Balaban J connectivity index is 2.04. The molecule has 0 amide bonds. The zero-order chi connectivity index (χ0) is 11.5. The zero-order valence-corrected chi connectivity index (χ0v) is 10.2. The Morgan fingerprint density at radius 3 is 2.69 bits per heavy atom. The van der Waals surface area contributed by atoms with Gasteiger partial charge < -0.3 is 10.6 Å². The second kappa shape index (κ2) is 4.68. The topological polar surface area (TPSA) is 49.8 Å². The number of nitrogens with zero attached hydrogens (tertiary/aromatic N) is 2. The molecule has 1 unspecified atom stereocenters. The Hall–Kier alpha value is -1.32. The van der Waals surface area contributed by atoms with Gasteiger partial charge in [0.1, 0.15) is 5.82 Å². The van der Waals surface area contributed by atoms with Gasteiger partial charge in [0, 0.05) is 24.8 Å². The van der Waals surface area contributed by atoms with E-state index in [-0.39, 0.29) is 0 Å². The molecule has 0 aliphatic heterocycles. The second-order valence-corrected chi connectivity index (χ2v) is 4.59. The Morgan fingerprint density at radius 2 is 2.12 bits per heavy atom. The summed E-state index contributed by atoms with van der Waals surface area (Å²) >= 11 is 0. The zero-order valence-electron chi connectivity index (χ0n) is 10.2. The summed E-state index contributed by atoms with van der Waals surface area (Å²) in [6.45, 7) is 4.22. The number of nitrogens with one attached hydrogen (secondary N) is 2. The lowest BCUT2D eigenvalue weighted by atomic mass is 9.80. The van der Waals surface area contributed by atoms with Gasteiger partial charge in [0.05, 0.1) is 0 Å². The average molecular weight is 220 g/mol. The van der Waals surface area contributed by atoms with Crippen LogP contribution < -0.4 is 10.6 Å². The highest BCUT2D eigenvalue weighted by Gasteiger charge is 2.23. The minimum absolute atomic E-state index is 0.507. The van der Waals surface area contributed by atoms with Crippen LogP contribution in [-0.4, -0.2) is 23.1 Å². The summed E-state index contributed by atoms with van der Waals surface area (Å²) in [5.41, 5.74) is 0.989. The molecular formula is C12H20N4. The minimum Gasteiger partial charge on any atom is -0.367 e. The maximum atomic E-state index is 4.40. The Kier molecular flexibility index (Phi) is 3.27. The fraction of sp³-hybridized carbons (Fsp3) is 0.667. The molecule has 1 aromatic heterocycles. The van der Waals surface area contributed by atoms with Crippen LogP contribution in [0.2, 0.25) is 0 Å². The molecule has 1 heterocycles. The molecule has 0 saturated heterocycles. The first-order chi connectivity index (χ1) is 7.69. The normalized spacial score (nSPS) is 17.7. The molecule has 0 spiro atoms. The van der Waals surface area contributed by atoms with Crippen molar-refractivity contribution in [1.29, 1.82) is 0 Å². The van der Waals surface area contributed by atoms with Gasteiger partial charge in [0.25, 0.3) is 0 Å². The molecule has 0 bridgehead atoms. The van der Waals surface area contributed by atoms with E-state index >= 15 is 0 Å². The van der Waals surface area contributed by atoms with Crippen molar-refractivity contribution in [2.24, 2.45) is 5.92 Å². The molecule has 1 fully saturated rings. The summed E-state index contributed by atoms with van der Waals surface area (Å²) in [6.07, 6.45) is 4.06. The molecule has 2 N–H and O–H groups in total. The van der Waals surface area contributed by atoms with Gasteiger partial charge in [0.2, 0.25) is 5.95 Å². The smallest absolute Gasteiger partial charge is 0.224 e. The van der Waals surface area contributed by atoms with Crippen molar-refractivity contribution in [3.63, 3.8) is 0 Å². The predicted octanol–water partition coefficient (Wildman–Crippen LogP) is 2.43. The number of hydrogen-bond donors (Lipinski definition) is 2. The van der Waals surface area contributed by atoms with Crippen molar-refractivity contribution < 1.29 is 0 Å². The van der Waals surface area contributed by atoms with E-state index < -0.39 is 0 Å². The molecule has 4 heteroatoms. The van der Waals surface area contributed by atoms with Crippen molar-refractivity contribution in [3.05, 3.63) is 11.8 Å². The molecule has 16 heavy (non-hydrogen) atoms. The number of aryl methyl sites for hydroxylation is 1. The van der Waals surface area contributed by atoms with Crippen LogP contribution in [0.5, 0.6) is 0 Å². The molecule has 1 atom stereocenters. The lowest BCUT2D eigenvalue weighted by molar-refractivity contribution is 0.285. The van der Waals surface area contributed by atoms with Crippen LogP contribution in [0.25, 0.3) is 0 Å². The molecule has 4 nitrogen and oxygen atoms in total. The van der Waals surface area contributed by atoms with Gasteiger partial charge in [-0.2, -0.15) is 4.98 Å². The maximum absolute atomic E-state index is 4.40. The third kappa shape index (κ3) is 2.43. The largest absolute Gasteiger partial charge is 0.367 e. The molecule has 0 aromatic carbocycles. The van der Waals surface area contributed by atoms with Crippen molar-refractivity contribution in [3.8, 4) is 0 Å². The van der Waals surface area contributed by atoms with Gasteiger partial charge in [-0.05, 0) is 32.6 Å². The molecular weight excluding hydrogens is 200 g/mol. The summed E-state index contributed by atoms with van der Waals surface area (Å²) in [7, 11) is 1.84. The number of aromatic nitrogens is 2. The highest BCUT2D eigenvalue weighted by molar-refractivity contribution is 5.42. The van der Waals surface area contributed by atoms with E-state index in [0.717, 1.165) is 17.4 Å². The molecule has 1 aliphatic rings. The van der Waals surface area contributed by atoms with E-state index in [1.165, 1.54) is 19.3 Å². The summed E-state index contributed by atoms with van der Waals surface area (Å²) < 4.78 is 0. The Labute approximate surface area is 96.9 Å². The summed E-state index contributed by atoms with van der Waals surface area (Å²) in [4.78, 5) is 8.68. The SMILES string of the molecule is CNc1nc(C)cc(NC(C)C2CCC2)n1. The molecule has 0 radical (unpaired) electrons. The van der Waals surface area contributed by atoms with Crippen molar-refractivity contribution >= 4 is 11.8 Å². The van der Waals surface area contributed by atoms with E-state index in [0.29, 0.717) is 12.0 Å². The van der Waals surface area contributed by atoms with Crippen LogP contribution >= 0.6 is 0 Å². The van der Waals surface area contributed by atoms with Gasteiger partial charge >= 0.3 is 0 Å². The molecule has 1 aliphatic carbocycles. The summed E-state index contributed by atoms with van der Waals surface area (Å²) in [6, 6.07) is 2.50. The number of hydrogen-bond acceptors (Lipinski definition) is 4. The Morgan fingerprint density at radius 1 is 1.38 bits per heavy atom. The van der Waals surface area contributed by atoms with E-state index in [4.69, 9.17) is 0 Å². The lowest BCUT2D eigenvalue weighted by Gasteiger charge is -2.32. The van der Waals surface area contributed by atoms with Crippen LogP contribution in [0.3, 0.4) is 0 Å². The fourth-order valence-corrected chi connectivity index (χ4v) is 2.05. The average Bonchev–Trinajstić information content (AvgIpc) is 2.13. The van der Waals surface area contributed by atoms with E-state index in [9.17, 15) is 0 Å². The Bertz CT molecular complexity index is 360. The molecule has 2 rings (SSSR count). The third-order valence-corrected chi connectivity index (χ3v) is 3.31. The number of anilines is 2. The summed E-state index contributed by atoms with van der Waals surface area (Å²) in [5.74, 6) is 2.42. The first-order valence-electron chi connectivity index (χ1n) is 5.99. The maximum Gasteiger partial charge on any atom is 0.224 e. The van der Waals surface area contributed by atoms with Gasteiger partial charge in [-0.25, -0.2) is 4.98 Å². The van der Waals surface area contributed by atoms with Gasteiger partial charge in [0.15, 0.2) is 0 Å². The van der Waals surface area contributed by atoms with Crippen LogP contribution in [-0.2, 0) is 0 Å². The van der Waals surface area contributed by atoms with E-state index in [1.54, 1.807) is 0 Å². The number of rotatable bonds is 4. The van der Waals surface area contributed by atoms with Gasteiger partial charge in [-0.15, -0.1) is 0 Å². The fourth-order valence-electron chi connectivity index (χ4n) is 2.05. The highest BCUT2D eigenvalue weighted by atomic mass is 15.1. The third-order valence-electron chi connectivity index (χ3n) is 3.31. The van der Waals surface area contributed by atoms with Crippen molar-refractivity contribution in [2.75, 3.05) is 17.7 Å². The van der Waals surface area contributed by atoms with Crippen LogP contribution in [0, 0.1) is 12.8 Å². The highest BCUT2D eigenvalue weighted by Crippen LogP contribution is 2.30. The molecule has 1 saturated carbocycles. The monoisotopic (exact) mass is 220 g/mol.